The van der Waals surface area contributed by atoms with Gasteiger partial charge in [0.1, 0.15) is 5.82 Å². The molecule has 15 heavy (non-hydrogen) atoms. The summed E-state index contributed by atoms with van der Waals surface area (Å²) in [5, 5.41) is 0. The third kappa shape index (κ3) is 1.92. The molecule has 2 aromatic rings. The van der Waals surface area contributed by atoms with Gasteiger partial charge >= 0.3 is 0 Å². The molecule has 1 atom stereocenters. The van der Waals surface area contributed by atoms with Crippen molar-refractivity contribution >= 4 is 0 Å². The molecule has 1 heterocycles. The molecule has 0 bridgehead atoms. The first kappa shape index (κ1) is 9.93. The molecule has 0 aliphatic carbocycles. The maximum Gasteiger partial charge on any atom is 0.129 e. The number of hydrogen-bond donors (Lipinski definition) is 1. The highest BCUT2D eigenvalue weighted by Gasteiger charge is 2.12. The summed E-state index contributed by atoms with van der Waals surface area (Å²) in [6.45, 7) is 2.07. The molecule has 0 fully saturated rings. The van der Waals surface area contributed by atoms with E-state index < -0.39 is 0 Å². The zero-order chi connectivity index (χ0) is 10.8. The van der Waals surface area contributed by atoms with E-state index in [1.807, 2.05) is 17.8 Å². The van der Waals surface area contributed by atoms with Gasteiger partial charge in [0.05, 0.1) is 6.04 Å². The standard InChI is InChI=1S/C12H15N3/c1-9-3-5-10(6-4-9)11(13)12-14-7-8-15(12)2/h3-8,11H,13H2,1-2H3/t11-/m0/s1. The highest BCUT2D eigenvalue weighted by Crippen LogP contribution is 2.17. The van der Waals surface area contributed by atoms with Gasteiger partial charge < -0.3 is 10.3 Å². The van der Waals surface area contributed by atoms with E-state index in [0.717, 1.165) is 11.4 Å². The van der Waals surface area contributed by atoms with Crippen molar-refractivity contribution in [2.45, 2.75) is 13.0 Å². The van der Waals surface area contributed by atoms with E-state index >= 15 is 0 Å². The van der Waals surface area contributed by atoms with Crippen molar-refractivity contribution in [2.24, 2.45) is 12.8 Å². The van der Waals surface area contributed by atoms with Crippen LogP contribution in [-0.4, -0.2) is 9.55 Å². The van der Waals surface area contributed by atoms with Gasteiger partial charge in [-0.2, -0.15) is 0 Å². The van der Waals surface area contributed by atoms with Crippen LogP contribution in [0.4, 0.5) is 0 Å². The van der Waals surface area contributed by atoms with Gasteiger partial charge in [0.25, 0.3) is 0 Å². The van der Waals surface area contributed by atoms with Crippen LogP contribution in [-0.2, 0) is 7.05 Å². The Morgan fingerprint density at radius 3 is 2.47 bits per heavy atom. The molecule has 0 saturated carbocycles. The third-order valence-electron chi connectivity index (χ3n) is 2.57. The lowest BCUT2D eigenvalue weighted by atomic mass is 10.1. The van der Waals surface area contributed by atoms with Crippen LogP contribution in [0.2, 0.25) is 0 Å². The summed E-state index contributed by atoms with van der Waals surface area (Å²) in [7, 11) is 1.95. The Morgan fingerprint density at radius 2 is 1.93 bits per heavy atom. The molecule has 0 radical (unpaired) electrons. The highest BCUT2D eigenvalue weighted by molar-refractivity contribution is 5.27. The van der Waals surface area contributed by atoms with Gasteiger partial charge in [0.2, 0.25) is 0 Å². The first-order valence-corrected chi connectivity index (χ1v) is 4.98. The summed E-state index contributed by atoms with van der Waals surface area (Å²) in [6.07, 6.45) is 3.67. The molecule has 0 amide bonds. The Hall–Kier alpha value is -1.61. The van der Waals surface area contributed by atoms with E-state index in [0.29, 0.717) is 0 Å². The smallest absolute Gasteiger partial charge is 0.129 e. The Kier molecular flexibility index (Phi) is 2.56. The van der Waals surface area contributed by atoms with Gasteiger partial charge in [0, 0.05) is 19.4 Å². The van der Waals surface area contributed by atoms with Crippen LogP contribution < -0.4 is 5.73 Å². The van der Waals surface area contributed by atoms with Gasteiger partial charge in [-0.05, 0) is 12.5 Å². The lowest BCUT2D eigenvalue weighted by Gasteiger charge is -2.11. The Morgan fingerprint density at radius 1 is 1.27 bits per heavy atom. The average molecular weight is 201 g/mol. The van der Waals surface area contributed by atoms with Gasteiger partial charge in [-0.15, -0.1) is 0 Å². The van der Waals surface area contributed by atoms with Crippen molar-refractivity contribution in [3.05, 3.63) is 53.6 Å². The number of benzene rings is 1. The first-order valence-electron chi connectivity index (χ1n) is 4.98. The summed E-state index contributed by atoms with van der Waals surface area (Å²) in [6, 6.07) is 8.09. The molecule has 78 valence electrons. The molecular formula is C12H15N3. The number of aryl methyl sites for hydroxylation is 2. The average Bonchev–Trinajstić information content (AvgIpc) is 2.65. The maximum atomic E-state index is 6.13. The Labute approximate surface area is 89.6 Å². The van der Waals surface area contributed by atoms with Crippen LogP contribution in [0.25, 0.3) is 0 Å². The predicted octanol–water partition coefficient (Wildman–Crippen LogP) is 1.78. The summed E-state index contributed by atoms with van der Waals surface area (Å²) in [4.78, 5) is 4.25. The van der Waals surface area contributed by atoms with Crippen molar-refractivity contribution in [2.75, 3.05) is 0 Å². The number of aromatic nitrogens is 2. The quantitative estimate of drug-likeness (QED) is 0.804. The van der Waals surface area contributed by atoms with Crippen LogP contribution >= 0.6 is 0 Å². The Bertz CT molecular complexity index is 442. The molecule has 3 heteroatoms. The second-order valence-corrected chi connectivity index (χ2v) is 3.78. The van der Waals surface area contributed by atoms with Gasteiger partial charge in [0.15, 0.2) is 0 Å². The molecule has 1 aromatic heterocycles. The monoisotopic (exact) mass is 201 g/mol. The SMILES string of the molecule is Cc1ccc([C@H](N)c2nccn2C)cc1. The van der Waals surface area contributed by atoms with Crippen LogP contribution in [0.5, 0.6) is 0 Å². The number of hydrogen-bond acceptors (Lipinski definition) is 2. The molecule has 2 N–H and O–H groups in total. The molecule has 0 unspecified atom stereocenters. The fourth-order valence-corrected chi connectivity index (χ4v) is 1.60. The molecule has 0 aliphatic rings. The summed E-state index contributed by atoms with van der Waals surface area (Å²) >= 11 is 0. The summed E-state index contributed by atoms with van der Waals surface area (Å²) in [5.74, 6) is 0.888. The third-order valence-corrected chi connectivity index (χ3v) is 2.57. The van der Waals surface area contributed by atoms with E-state index in [-0.39, 0.29) is 6.04 Å². The fourth-order valence-electron chi connectivity index (χ4n) is 1.60. The van der Waals surface area contributed by atoms with E-state index in [9.17, 15) is 0 Å². The summed E-state index contributed by atoms with van der Waals surface area (Å²) < 4.78 is 1.95. The van der Waals surface area contributed by atoms with Crippen molar-refractivity contribution in [1.29, 1.82) is 0 Å². The molecule has 0 aliphatic heterocycles. The van der Waals surface area contributed by atoms with Crippen molar-refractivity contribution < 1.29 is 0 Å². The van der Waals surface area contributed by atoms with Crippen LogP contribution in [0, 0.1) is 6.92 Å². The Balaban J connectivity index is 2.32. The molecule has 0 spiro atoms. The van der Waals surface area contributed by atoms with Crippen molar-refractivity contribution in [1.82, 2.24) is 9.55 Å². The zero-order valence-corrected chi connectivity index (χ0v) is 9.01. The van der Waals surface area contributed by atoms with E-state index in [2.05, 4.69) is 36.2 Å². The lowest BCUT2D eigenvalue weighted by molar-refractivity contribution is 0.717. The second-order valence-electron chi connectivity index (χ2n) is 3.78. The number of nitrogens with zero attached hydrogens (tertiary/aromatic N) is 2. The minimum Gasteiger partial charge on any atom is -0.336 e. The first-order chi connectivity index (χ1) is 7.18. The van der Waals surface area contributed by atoms with Crippen LogP contribution in [0.3, 0.4) is 0 Å². The van der Waals surface area contributed by atoms with E-state index in [4.69, 9.17) is 5.73 Å². The maximum absolute atomic E-state index is 6.13. The number of imidazole rings is 1. The molecule has 3 nitrogen and oxygen atoms in total. The van der Waals surface area contributed by atoms with Gasteiger partial charge in [-0.1, -0.05) is 29.8 Å². The number of nitrogens with two attached hydrogens (primary N) is 1. The molecule has 0 saturated heterocycles. The van der Waals surface area contributed by atoms with Crippen molar-refractivity contribution in [3.8, 4) is 0 Å². The number of rotatable bonds is 2. The van der Waals surface area contributed by atoms with E-state index in [1.165, 1.54) is 5.56 Å². The lowest BCUT2D eigenvalue weighted by Crippen LogP contribution is -2.16. The predicted molar refractivity (Wildman–Crippen MR) is 60.4 cm³/mol. The minimum absolute atomic E-state index is 0.148. The van der Waals surface area contributed by atoms with Gasteiger partial charge in [-0.3, -0.25) is 0 Å². The summed E-state index contributed by atoms with van der Waals surface area (Å²) in [5.41, 5.74) is 8.46. The molecular weight excluding hydrogens is 186 g/mol. The molecule has 1 aromatic carbocycles. The van der Waals surface area contributed by atoms with E-state index in [1.54, 1.807) is 6.20 Å². The van der Waals surface area contributed by atoms with Crippen molar-refractivity contribution in [3.63, 3.8) is 0 Å². The second kappa shape index (κ2) is 3.87. The zero-order valence-electron chi connectivity index (χ0n) is 9.01. The largest absolute Gasteiger partial charge is 0.336 e. The van der Waals surface area contributed by atoms with Crippen LogP contribution in [0.1, 0.15) is 23.0 Å². The highest BCUT2D eigenvalue weighted by atomic mass is 15.1. The minimum atomic E-state index is -0.148. The van der Waals surface area contributed by atoms with Gasteiger partial charge in [-0.25, -0.2) is 4.98 Å². The fraction of sp³-hybridized carbons (Fsp3) is 0.250. The topological polar surface area (TPSA) is 43.8 Å². The molecule has 2 rings (SSSR count). The normalized spacial score (nSPS) is 12.7. The van der Waals surface area contributed by atoms with Crippen LogP contribution in [0.15, 0.2) is 36.7 Å².